The summed E-state index contributed by atoms with van der Waals surface area (Å²) in [5.74, 6) is -0.211. The van der Waals surface area contributed by atoms with Crippen LogP contribution in [0.3, 0.4) is 0 Å². The molecule has 0 aliphatic heterocycles. The molecule has 0 amide bonds. The van der Waals surface area contributed by atoms with Crippen molar-refractivity contribution >= 4 is 5.78 Å². The van der Waals surface area contributed by atoms with Crippen LogP contribution in [-0.2, 0) is 0 Å². The van der Waals surface area contributed by atoms with Crippen molar-refractivity contribution in [3.63, 3.8) is 0 Å². The fraction of sp³-hybridized carbons (Fsp3) is 0.133. The van der Waals surface area contributed by atoms with Gasteiger partial charge in [0.2, 0.25) is 0 Å². The summed E-state index contributed by atoms with van der Waals surface area (Å²) in [6, 6.07) is 13.5. The lowest BCUT2D eigenvalue weighted by Gasteiger charge is -2.03. The Morgan fingerprint density at radius 3 is 1.94 bits per heavy atom. The van der Waals surface area contributed by atoms with E-state index in [1.807, 2.05) is 12.1 Å². The molecule has 2 aromatic rings. The standard InChI is InChI=1S/C15H14FNO/c16-14-7-5-12(6-8-14)11-1-3-13(4-2-11)15(18)9-10-17/h1-8H,9-10,17H2. The Hall–Kier alpha value is -2.00. The van der Waals surface area contributed by atoms with Gasteiger partial charge in [0.15, 0.2) is 5.78 Å². The van der Waals surface area contributed by atoms with Crippen LogP contribution in [0.1, 0.15) is 16.8 Å². The van der Waals surface area contributed by atoms with Crippen molar-refractivity contribution in [3.8, 4) is 11.1 Å². The minimum absolute atomic E-state index is 0.0446. The molecule has 0 aliphatic rings. The van der Waals surface area contributed by atoms with E-state index in [1.54, 1.807) is 24.3 Å². The second-order valence-electron chi connectivity index (χ2n) is 4.05. The molecule has 92 valence electrons. The van der Waals surface area contributed by atoms with E-state index in [0.29, 0.717) is 18.5 Å². The molecule has 0 spiro atoms. The van der Waals surface area contributed by atoms with Gasteiger partial charge in [-0.2, -0.15) is 0 Å². The molecule has 2 nitrogen and oxygen atoms in total. The second-order valence-corrected chi connectivity index (χ2v) is 4.05. The second kappa shape index (κ2) is 5.56. The molecule has 3 heteroatoms. The van der Waals surface area contributed by atoms with Gasteiger partial charge in [0, 0.05) is 12.0 Å². The molecule has 0 saturated carbocycles. The number of rotatable bonds is 4. The highest BCUT2D eigenvalue weighted by molar-refractivity contribution is 5.96. The van der Waals surface area contributed by atoms with E-state index in [-0.39, 0.29) is 11.6 Å². The maximum Gasteiger partial charge on any atom is 0.164 e. The summed E-state index contributed by atoms with van der Waals surface area (Å²) in [6.45, 7) is 0.360. The van der Waals surface area contributed by atoms with Crippen molar-refractivity contribution < 1.29 is 9.18 Å². The number of hydrogen-bond acceptors (Lipinski definition) is 2. The van der Waals surface area contributed by atoms with Crippen molar-refractivity contribution in [1.82, 2.24) is 0 Å². The van der Waals surface area contributed by atoms with E-state index < -0.39 is 0 Å². The Morgan fingerprint density at radius 1 is 0.944 bits per heavy atom. The highest BCUT2D eigenvalue weighted by Gasteiger charge is 2.05. The van der Waals surface area contributed by atoms with E-state index in [4.69, 9.17) is 5.73 Å². The Kier molecular flexibility index (Phi) is 3.85. The van der Waals surface area contributed by atoms with Gasteiger partial charge in [0.25, 0.3) is 0 Å². The average molecular weight is 243 g/mol. The number of ketones is 1. The van der Waals surface area contributed by atoms with Gasteiger partial charge >= 0.3 is 0 Å². The Bertz CT molecular complexity index is 531. The molecule has 0 unspecified atom stereocenters. The van der Waals surface area contributed by atoms with E-state index in [0.717, 1.165) is 11.1 Å². The number of nitrogens with two attached hydrogens (primary N) is 1. The number of Topliss-reactive ketones (excluding diaryl/α,β-unsaturated/α-hetero) is 1. The van der Waals surface area contributed by atoms with Gasteiger partial charge in [0.05, 0.1) is 0 Å². The van der Waals surface area contributed by atoms with Crippen molar-refractivity contribution in [2.75, 3.05) is 6.54 Å². The number of carbonyl (C=O) groups excluding carboxylic acids is 1. The summed E-state index contributed by atoms with van der Waals surface area (Å²) in [5.41, 5.74) is 7.89. The zero-order chi connectivity index (χ0) is 13.0. The van der Waals surface area contributed by atoms with Gasteiger partial charge in [-0.25, -0.2) is 4.39 Å². The molecule has 2 aromatic carbocycles. The Labute approximate surface area is 105 Å². The lowest BCUT2D eigenvalue weighted by atomic mass is 10.0. The minimum atomic E-state index is -0.256. The van der Waals surface area contributed by atoms with E-state index in [2.05, 4.69) is 0 Å². The van der Waals surface area contributed by atoms with Gasteiger partial charge in [-0.05, 0) is 29.8 Å². The lowest BCUT2D eigenvalue weighted by Crippen LogP contribution is -2.07. The van der Waals surface area contributed by atoms with Crippen molar-refractivity contribution in [1.29, 1.82) is 0 Å². The van der Waals surface area contributed by atoms with E-state index in [1.165, 1.54) is 12.1 Å². The molecule has 0 radical (unpaired) electrons. The molecule has 0 heterocycles. The molecule has 2 N–H and O–H groups in total. The fourth-order valence-electron chi connectivity index (χ4n) is 1.77. The highest BCUT2D eigenvalue weighted by atomic mass is 19.1. The first-order valence-corrected chi connectivity index (χ1v) is 5.80. The molecule has 0 aromatic heterocycles. The predicted octanol–water partition coefficient (Wildman–Crippen LogP) is 3.02. The molecular weight excluding hydrogens is 229 g/mol. The third-order valence-electron chi connectivity index (χ3n) is 2.76. The molecule has 2 rings (SSSR count). The van der Waals surface area contributed by atoms with Gasteiger partial charge in [-0.3, -0.25) is 4.79 Å². The smallest absolute Gasteiger partial charge is 0.164 e. The van der Waals surface area contributed by atoms with Crippen LogP contribution >= 0.6 is 0 Å². The summed E-state index contributed by atoms with van der Waals surface area (Å²) < 4.78 is 12.8. The average Bonchev–Trinajstić information content (AvgIpc) is 2.40. The maximum absolute atomic E-state index is 12.8. The normalized spacial score (nSPS) is 10.3. The zero-order valence-electron chi connectivity index (χ0n) is 9.90. The van der Waals surface area contributed by atoms with Crippen LogP contribution in [0.2, 0.25) is 0 Å². The molecule has 0 atom stereocenters. The number of halogens is 1. The van der Waals surface area contributed by atoms with Gasteiger partial charge in [-0.1, -0.05) is 36.4 Å². The minimum Gasteiger partial charge on any atom is -0.330 e. The predicted molar refractivity (Wildman–Crippen MR) is 69.8 cm³/mol. The van der Waals surface area contributed by atoms with Crippen molar-refractivity contribution in [2.24, 2.45) is 5.73 Å². The third-order valence-corrected chi connectivity index (χ3v) is 2.76. The van der Waals surface area contributed by atoms with Crippen LogP contribution in [0.25, 0.3) is 11.1 Å². The third kappa shape index (κ3) is 2.81. The lowest BCUT2D eigenvalue weighted by molar-refractivity contribution is 0.0985. The number of benzene rings is 2. The summed E-state index contributed by atoms with van der Waals surface area (Å²) in [6.07, 6.45) is 0.357. The van der Waals surface area contributed by atoms with Gasteiger partial charge < -0.3 is 5.73 Å². The molecule has 0 bridgehead atoms. The maximum atomic E-state index is 12.8. The van der Waals surface area contributed by atoms with Crippen LogP contribution in [-0.4, -0.2) is 12.3 Å². The zero-order valence-corrected chi connectivity index (χ0v) is 9.90. The van der Waals surface area contributed by atoms with Gasteiger partial charge in [0.1, 0.15) is 5.82 Å². The summed E-state index contributed by atoms with van der Waals surface area (Å²) >= 11 is 0. The molecule has 0 saturated heterocycles. The highest BCUT2D eigenvalue weighted by Crippen LogP contribution is 2.20. The summed E-state index contributed by atoms with van der Waals surface area (Å²) in [7, 11) is 0. The fourth-order valence-corrected chi connectivity index (χ4v) is 1.77. The summed E-state index contributed by atoms with van der Waals surface area (Å²) in [4.78, 5) is 11.6. The number of carbonyl (C=O) groups is 1. The van der Waals surface area contributed by atoms with Crippen LogP contribution in [0.15, 0.2) is 48.5 Å². The van der Waals surface area contributed by atoms with E-state index >= 15 is 0 Å². The first-order valence-electron chi connectivity index (χ1n) is 5.80. The van der Waals surface area contributed by atoms with E-state index in [9.17, 15) is 9.18 Å². The van der Waals surface area contributed by atoms with Crippen LogP contribution in [0.5, 0.6) is 0 Å². The largest absolute Gasteiger partial charge is 0.330 e. The summed E-state index contributed by atoms with van der Waals surface area (Å²) in [5, 5.41) is 0. The molecule has 18 heavy (non-hydrogen) atoms. The Balaban J connectivity index is 2.22. The monoisotopic (exact) mass is 243 g/mol. The molecular formula is C15H14FNO. The Morgan fingerprint density at radius 2 is 1.44 bits per heavy atom. The first kappa shape index (κ1) is 12.5. The van der Waals surface area contributed by atoms with Crippen LogP contribution in [0.4, 0.5) is 4.39 Å². The van der Waals surface area contributed by atoms with Crippen LogP contribution in [0, 0.1) is 5.82 Å². The molecule has 0 aliphatic carbocycles. The number of hydrogen-bond donors (Lipinski definition) is 1. The quantitative estimate of drug-likeness (QED) is 0.839. The SMILES string of the molecule is NCCC(=O)c1ccc(-c2ccc(F)cc2)cc1. The molecule has 0 fully saturated rings. The first-order chi connectivity index (χ1) is 8.70. The van der Waals surface area contributed by atoms with Gasteiger partial charge in [-0.15, -0.1) is 0 Å². The van der Waals surface area contributed by atoms with Crippen molar-refractivity contribution in [2.45, 2.75) is 6.42 Å². The van der Waals surface area contributed by atoms with Crippen molar-refractivity contribution in [3.05, 3.63) is 59.9 Å². The topological polar surface area (TPSA) is 43.1 Å². The van der Waals surface area contributed by atoms with Crippen LogP contribution < -0.4 is 5.73 Å².